The Kier molecular flexibility index (Phi) is 2.84. The van der Waals surface area contributed by atoms with E-state index in [0.717, 1.165) is 13.1 Å². The first kappa shape index (κ1) is 8.93. The number of likely N-dealkylation sites (tertiary alicyclic amines) is 1. The van der Waals surface area contributed by atoms with E-state index in [0.29, 0.717) is 0 Å². The number of nitrogens with one attached hydrogen (secondary N) is 1. The van der Waals surface area contributed by atoms with E-state index in [1.807, 2.05) is 14.0 Å². The van der Waals surface area contributed by atoms with E-state index in [9.17, 15) is 5.11 Å². The van der Waals surface area contributed by atoms with Crippen LogP contribution in [0.4, 0.5) is 0 Å². The Bertz CT molecular complexity index is 129. The van der Waals surface area contributed by atoms with Crippen molar-refractivity contribution in [3.63, 3.8) is 0 Å². The Morgan fingerprint density at radius 1 is 1.64 bits per heavy atom. The van der Waals surface area contributed by atoms with Gasteiger partial charge < -0.3 is 15.7 Å². The van der Waals surface area contributed by atoms with Crippen molar-refractivity contribution in [2.24, 2.45) is 5.73 Å². The quantitative estimate of drug-likeness (QED) is 0.432. The van der Waals surface area contributed by atoms with Gasteiger partial charge in [-0.15, -0.1) is 0 Å². The number of hydrogen-bond acceptors (Lipinski definition) is 4. The third kappa shape index (κ3) is 2.41. The maximum Gasteiger partial charge on any atom is 0.0832 e. The van der Waals surface area contributed by atoms with Crippen LogP contribution in [0.3, 0.4) is 0 Å². The summed E-state index contributed by atoms with van der Waals surface area (Å²) < 4.78 is 0. The van der Waals surface area contributed by atoms with Crippen LogP contribution in [0.1, 0.15) is 6.92 Å². The fourth-order valence-electron chi connectivity index (χ4n) is 1.48. The standard InChI is InChI=1S/C7H17N3O/c1-5(8)9-6-3-10(2)4-7(6)11/h5-7,9,11H,3-4,8H2,1-2H3. The van der Waals surface area contributed by atoms with Crippen LogP contribution >= 0.6 is 0 Å². The van der Waals surface area contributed by atoms with Crippen LogP contribution in [0.5, 0.6) is 0 Å². The van der Waals surface area contributed by atoms with Crippen LogP contribution < -0.4 is 11.1 Å². The summed E-state index contributed by atoms with van der Waals surface area (Å²) in [4.78, 5) is 2.09. The summed E-state index contributed by atoms with van der Waals surface area (Å²) in [5.74, 6) is 0. The molecule has 0 bridgehead atoms. The smallest absolute Gasteiger partial charge is 0.0832 e. The van der Waals surface area contributed by atoms with Crippen LogP contribution in [0, 0.1) is 0 Å². The van der Waals surface area contributed by atoms with Crippen molar-refractivity contribution in [3.05, 3.63) is 0 Å². The lowest BCUT2D eigenvalue weighted by Gasteiger charge is -2.18. The molecule has 0 radical (unpaired) electrons. The molecule has 1 aliphatic heterocycles. The van der Waals surface area contributed by atoms with Crippen molar-refractivity contribution in [3.8, 4) is 0 Å². The highest BCUT2D eigenvalue weighted by Gasteiger charge is 2.28. The van der Waals surface area contributed by atoms with E-state index < -0.39 is 0 Å². The van der Waals surface area contributed by atoms with Crippen LogP contribution in [0.15, 0.2) is 0 Å². The average molecular weight is 159 g/mol. The maximum atomic E-state index is 9.45. The molecule has 0 amide bonds. The molecule has 3 unspecified atom stereocenters. The molecular weight excluding hydrogens is 142 g/mol. The zero-order valence-corrected chi connectivity index (χ0v) is 7.12. The van der Waals surface area contributed by atoms with Crippen molar-refractivity contribution in [2.75, 3.05) is 20.1 Å². The summed E-state index contributed by atoms with van der Waals surface area (Å²) in [6.07, 6.45) is -0.313. The molecule has 0 aromatic carbocycles. The Morgan fingerprint density at radius 2 is 2.27 bits per heavy atom. The molecule has 4 N–H and O–H groups in total. The van der Waals surface area contributed by atoms with Gasteiger partial charge in [-0.2, -0.15) is 0 Å². The van der Waals surface area contributed by atoms with E-state index in [2.05, 4.69) is 10.2 Å². The lowest BCUT2D eigenvalue weighted by molar-refractivity contribution is 0.153. The molecule has 1 fully saturated rings. The van der Waals surface area contributed by atoms with Crippen molar-refractivity contribution < 1.29 is 5.11 Å². The second-order valence-electron chi connectivity index (χ2n) is 3.35. The minimum atomic E-state index is -0.272. The van der Waals surface area contributed by atoms with E-state index in [4.69, 9.17) is 5.73 Å². The summed E-state index contributed by atoms with van der Waals surface area (Å²) in [5, 5.41) is 12.6. The van der Waals surface area contributed by atoms with Crippen molar-refractivity contribution in [1.82, 2.24) is 10.2 Å². The Hall–Kier alpha value is -0.160. The summed E-state index contributed by atoms with van der Waals surface area (Å²) in [6.45, 7) is 3.50. The fourth-order valence-corrected chi connectivity index (χ4v) is 1.48. The van der Waals surface area contributed by atoms with Gasteiger partial charge in [0.2, 0.25) is 0 Å². The fraction of sp³-hybridized carbons (Fsp3) is 1.00. The van der Waals surface area contributed by atoms with Crippen LogP contribution in [0.25, 0.3) is 0 Å². The number of aliphatic hydroxyl groups excluding tert-OH is 1. The Morgan fingerprint density at radius 3 is 2.64 bits per heavy atom. The minimum Gasteiger partial charge on any atom is -0.390 e. The molecule has 3 atom stereocenters. The molecule has 0 spiro atoms. The van der Waals surface area contributed by atoms with Crippen molar-refractivity contribution in [1.29, 1.82) is 0 Å². The molecular formula is C7H17N3O. The zero-order valence-electron chi connectivity index (χ0n) is 7.12. The second-order valence-corrected chi connectivity index (χ2v) is 3.35. The largest absolute Gasteiger partial charge is 0.390 e. The minimum absolute atomic E-state index is 0.0406. The van der Waals surface area contributed by atoms with Gasteiger partial charge in [0.15, 0.2) is 0 Å². The number of hydrogen-bond donors (Lipinski definition) is 3. The molecule has 1 saturated heterocycles. The van der Waals surface area contributed by atoms with Crippen molar-refractivity contribution >= 4 is 0 Å². The molecule has 4 nitrogen and oxygen atoms in total. The zero-order chi connectivity index (χ0) is 8.43. The van der Waals surface area contributed by atoms with Crippen LogP contribution in [0.2, 0.25) is 0 Å². The molecule has 4 heteroatoms. The topological polar surface area (TPSA) is 61.5 Å². The predicted molar refractivity (Wildman–Crippen MR) is 44.1 cm³/mol. The lowest BCUT2D eigenvalue weighted by atomic mass is 10.2. The molecule has 1 heterocycles. The number of nitrogens with zero attached hydrogens (tertiary/aromatic N) is 1. The van der Waals surface area contributed by atoms with Crippen LogP contribution in [-0.2, 0) is 0 Å². The number of likely N-dealkylation sites (N-methyl/N-ethyl adjacent to an activating group) is 1. The average Bonchev–Trinajstić information content (AvgIpc) is 2.09. The molecule has 0 aromatic heterocycles. The normalized spacial score (nSPS) is 36.0. The summed E-state index contributed by atoms with van der Waals surface area (Å²) >= 11 is 0. The number of nitrogens with two attached hydrogens (primary N) is 1. The molecule has 0 saturated carbocycles. The summed E-state index contributed by atoms with van der Waals surface area (Å²) in [7, 11) is 1.99. The molecule has 1 aliphatic rings. The molecule has 1 rings (SSSR count). The van der Waals surface area contributed by atoms with Crippen molar-refractivity contribution in [2.45, 2.75) is 25.2 Å². The van der Waals surface area contributed by atoms with E-state index in [1.165, 1.54) is 0 Å². The number of aliphatic hydroxyl groups is 1. The monoisotopic (exact) mass is 159 g/mol. The highest BCUT2D eigenvalue weighted by molar-refractivity contribution is 4.87. The first-order valence-corrected chi connectivity index (χ1v) is 3.98. The van der Waals surface area contributed by atoms with Gasteiger partial charge in [-0.3, -0.25) is 5.32 Å². The first-order chi connectivity index (χ1) is 5.09. The third-order valence-electron chi connectivity index (χ3n) is 1.95. The van der Waals surface area contributed by atoms with Gasteiger partial charge in [0, 0.05) is 19.1 Å². The maximum absolute atomic E-state index is 9.45. The van der Waals surface area contributed by atoms with Gasteiger partial charge in [-0.25, -0.2) is 0 Å². The first-order valence-electron chi connectivity index (χ1n) is 3.98. The van der Waals surface area contributed by atoms with Gasteiger partial charge in [-0.1, -0.05) is 0 Å². The van der Waals surface area contributed by atoms with Gasteiger partial charge >= 0.3 is 0 Å². The molecule has 0 aromatic rings. The van der Waals surface area contributed by atoms with E-state index in [1.54, 1.807) is 0 Å². The summed E-state index contributed by atoms with van der Waals surface area (Å²) in [6, 6.07) is 0.139. The highest BCUT2D eigenvalue weighted by atomic mass is 16.3. The van der Waals surface area contributed by atoms with E-state index >= 15 is 0 Å². The number of rotatable bonds is 2. The molecule has 66 valence electrons. The number of β-amino-alcohol motifs (C(OH)–C–C–N with tert-alkyl or cyclic N) is 1. The highest BCUT2D eigenvalue weighted by Crippen LogP contribution is 2.07. The Labute approximate surface area is 67.4 Å². The Balaban J connectivity index is 2.34. The van der Waals surface area contributed by atoms with E-state index in [-0.39, 0.29) is 18.3 Å². The molecule has 0 aliphatic carbocycles. The van der Waals surface area contributed by atoms with Gasteiger partial charge in [0.25, 0.3) is 0 Å². The second kappa shape index (κ2) is 3.49. The van der Waals surface area contributed by atoms with Gasteiger partial charge in [0.1, 0.15) is 0 Å². The van der Waals surface area contributed by atoms with Crippen LogP contribution in [-0.4, -0.2) is 48.5 Å². The summed E-state index contributed by atoms with van der Waals surface area (Å²) in [5.41, 5.74) is 5.54. The lowest BCUT2D eigenvalue weighted by Crippen LogP contribution is -2.47. The van der Waals surface area contributed by atoms with Gasteiger partial charge in [-0.05, 0) is 14.0 Å². The molecule has 11 heavy (non-hydrogen) atoms. The third-order valence-corrected chi connectivity index (χ3v) is 1.95. The predicted octanol–water partition coefficient (Wildman–Crippen LogP) is -1.44. The van der Waals surface area contributed by atoms with Gasteiger partial charge in [0.05, 0.1) is 12.3 Å². The SMILES string of the molecule is CC(N)NC1CN(C)CC1O.